The van der Waals surface area contributed by atoms with Crippen molar-refractivity contribution < 1.29 is 21.8 Å². The first-order valence-electron chi connectivity index (χ1n) is 51.6. The quantitative estimate of drug-likeness (QED) is 0.107. The predicted octanol–water partition coefficient (Wildman–Crippen LogP) is 37.0. The summed E-state index contributed by atoms with van der Waals surface area (Å²) in [5.74, 6) is 3.91. The third-order valence-corrected chi connectivity index (χ3v) is 29.1. The van der Waals surface area contributed by atoms with E-state index in [1.54, 1.807) is 0 Å². The molecule has 0 saturated carbocycles. The topological polar surface area (TPSA) is 156 Å². The van der Waals surface area contributed by atoms with Gasteiger partial charge in [-0.25, -0.2) is 39.9 Å². The van der Waals surface area contributed by atoms with Crippen molar-refractivity contribution in [3.63, 3.8) is 0 Å². The zero-order chi connectivity index (χ0) is 101. The zero-order valence-corrected chi connectivity index (χ0v) is 80.3. The molecule has 0 N–H and O–H groups in total. The van der Waals surface area contributed by atoms with Crippen molar-refractivity contribution in [2.24, 2.45) is 0 Å². The highest BCUT2D eigenvalue weighted by molar-refractivity contribution is 6.28. The molecule has 12 nitrogen and oxygen atoms in total. The first-order valence-corrected chi connectivity index (χ1v) is 50.1. The molecule has 24 aromatic carbocycles. The second kappa shape index (κ2) is 35.9. The second-order valence-electron chi connectivity index (χ2n) is 37.8. The van der Waals surface area contributed by atoms with E-state index in [-0.39, 0.29) is 0 Å². The Morgan fingerprint density at radius 2 is 0.413 bits per heavy atom. The number of benzene rings is 24. The molecule has 31 aromatic rings. The van der Waals surface area contributed by atoms with Crippen molar-refractivity contribution in [2.75, 3.05) is 0 Å². The van der Waals surface area contributed by atoms with Gasteiger partial charge in [-0.05, 0) is 210 Å². The van der Waals surface area contributed by atoms with Gasteiger partial charge in [0.25, 0.3) is 0 Å². The van der Waals surface area contributed by atoms with Crippen molar-refractivity contribution in [1.29, 1.82) is 0 Å². The molecule has 0 atom stereocenters. The largest absolute Gasteiger partial charge is 0.456 e. The fraction of sp³-hybridized carbons (Fsp3) is 0. The molecule has 0 saturated heterocycles. The molecule has 0 radical (unpaired) electrons. The first-order chi connectivity index (χ1) is 75.5. The molecule has 12 heteroatoms. The second-order valence-corrected chi connectivity index (χ2v) is 37.8. The van der Waals surface area contributed by atoms with Gasteiger partial charge in [0.2, 0.25) is 0 Å². The lowest BCUT2D eigenvalue weighted by Crippen LogP contribution is -2.00. The minimum absolute atomic E-state index is 0.311. The van der Waals surface area contributed by atoms with Crippen LogP contribution in [-0.4, -0.2) is 39.9 Å². The van der Waals surface area contributed by atoms with E-state index in [1.807, 2.05) is 224 Å². The zero-order valence-electron chi connectivity index (χ0n) is 83.3. The van der Waals surface area contributed by atoms with Gasteiger partial charge in [-0.1, -0.05) is 406 Å². The molecule has 0 amide bonds. The van der Waals surface area contributed by atoms with Crippen LogP contribution in [0.4, 0.5) is 0 Å². The lowest BCUT2D eigenvalue weighted by atomic mass is 9.92. The molecule has 31 rings (SSSR count). The van der Waals surface area contributed by atoms with Gasteiger partial charge in [-0.15, -0.1) is 0 Å². The molecule has 0 fully saturated rings. The summed E-state index contributed by atoms with van der Waals surface area (Å²) in [4.78, 5) is 40.4. The van der Waals surface area contributed by atoms with Gasteiger partial charge in [0, 0.05) is 87.6 Å². The van der Waals surface area contributed by atoms with Crippen LogP contribution in [0.15, 0.2) is 515 Å². The molecular formula is C138H82N8O4. The number of para-hydroxylation sites is 2. The lowest BCUT2D eigenvalue weighted by Gasteiger charge is -2.12. The van der Waals surface area contributed by atoms with Crippen LogP contribution in [0.25, 0.3) is 310 Å². The third kappa shape index (κ3) is 15.1. The van der Waals surface area contributed by atoms with Crippen LogP contribution < -0.4 is 0 Å². The van der Waals surface area contributed by atoms with Gasteiger partial charge >= 0.3 is 0 Å². The van der Waals surface area contributed by atoms with Crippen LogP contribution in [0, 0.1) is 0 Å². The summed E-state index contributed by atoms with van der Waals surface area (Å²) in [6.45, 7) is 0. The van der Waals surface area contributed by atoms with E-state index in [0.29, 0.717) is 92.4 Å². The van der Waals surface area contributed by atoms with Crippen LogP contribution in [0.3, 0.4) is 0 Å². The summed E-state index contributed by atoms with van der Waals surface area (Å²) < 4.78 is 53.0. The molecule has 0 aliphatic heterocycles. The Morgan fingerprint density at radius 3 is 0.833 bits per heavy atom. The number of nitrogens with zero attached hydrogens (tertiary/aromatic N) is 8. The van der Waals surface area contributed by atoms with E-state index < -0.39 is 0 Å². The van der Waals surface area contributed by atoms with Gasteiger partial charge in [-0.2, -0.15) is 0 Å². The summed E-state index contributed by atoms with van der Waals surface area (Å²) in [6, 6.07) is 164. The van der Waals surface area contributed by atoms with Gasteiger partial charge in [0.05, 0.1) is 21.1 Å². The average Bonchev–Trinajstić information content (AvgIpc) is 1.64. The summed E-state index contributed by atoms with van der Waals surface area (Å²) in [7, 11) is 0. The average molecular weight is 1920 g/mol. The normalized spacial score (nSPS) is 12.0. The molecule has 0 bridgehead atoms. The maximum Gasteiger partial charge on any atom is 0.167 e. The molecule has 0 aliphatic rings. The minimum Gasteiger partial charge on any atom is -0.456 e. The standard InChI is InChI=1S/C51H29N3O2.C46H28N2O.C41H25N3O/c1-2-12-30(13-3-1)49-52-50(54-51(53-49)41-21-10-19-39-38-18-8-9-22-44(38)56-48(39)41)40-20-11-23-46-47(40)43-29-32(25-27-45(43)55-46)31-24-26-37-35-16-5-4-14-33(35)34-15-6-7-17-36(34)42(37)28-31;1-3-12-29(13-4-1)41-28-42(30-14-5-2-6-15-30)48-46(47-41)38-20-11-21-44-45(38)40-27-32(23-25-43(40)49-44)31-22-24-37-35-18-8-7-16-33(35)34-17-9-10-19-36(34)39(37)26-31;1-3-11-27(12-4-1)39-42-40(28-13-5-2-6-14-28)44-41(43-39)34-16-9-17-37-38(34)35-25-30(21-23-36(35)45-37)29-20-22-33-31(24-29)19-18-26-10-7-8-15-32(26)33/h1-29H;1-28H;1-25H/i27D;25D;23D. The van der Waals surface area contributed by atoms with Gasteiger partial charge in [0.15, 0.2) is 40.8 Å². The van der Waals surface area contributed by atoms with Gasteiger partial charge in [-0.3, -0.25) is 0 Å². The van der Waals surface area contributed by atoms with Crippen LogP contribution >= 0.6 is 0 Å². The lowest BCUT2D eigenvalue weighted by molar-refractivity contribution is 0.668. The van der Waals surface area contributed by atoms with Crippen LogP contribution in [0.2, 0.25) is 0 Å². The highest BCUT2D eigenvalue weighted by Crippen LogP contribution is 2.48. The first kappa shape index (κ1) is 83.2. The summed E-state index contributed by atoms with van der Waals surface area (Å²) in [5.41, 5.74) is 20.8. The van der Waals surface area contributed by atoms with Crippen molar-refractivity contribution in [1.82, 2.24) is 39.9 Å². The molecular weight excluding hydrogens is 1830 g/mol. The fourth-order valence-corrected chi connectivity index (χ4v) is 22.0. The van der Waals surface area contributed by atoms with Crippen LogP contribution in [0.1, 0.15) is 4.11 Å². The monoisotopic (exact) mass is 1920 g/mol. The van der Waals surface area contributed by atoms with E-state index in [0.717, 1.165) is 154 Å². The van der Waals surface area contributed by atoms with E-state index in [4.69, 9.17) is 60.3 Å². The number of rotatable bonds is 12. The molecule has 7 heterocycles. The van der Waals surface area contributed by atoms with Crippen molar-refractivity contribution in [2.45, 2.75) is 0 Å². The van der Waals surface area contributed by atoms with Crippen molar-refractivity contribution in [3.05, 3.63) is 497 Å². The highest BCUT2D eigenvalue weighted by atomic mass is 16.3. The SMILES string of the molecule is [2H]c1cc(-c2ccc3c(ccc4ccccc43)c2)cc2c1oc1cccc(-c3nc(-c4ccccc4)nc(-c4ccccc4)n3)c12.[2H]c1cc(-c2ccc3c4ccccc4c4ccccc4c3c2)cc2c1oc1cccc(-c3nc(-c4ccccc4)cc(-c4ccccc4)n3)c12.[2H]c1cc(-c2ccc3c4ccccc4c4ccccc4c3c2)cc2c1oc1cccc(-c3nc(-c4ccccc4)nc(-c4cccc5c4oc4ccccc45)n3)c12. The highest BCUT2D eigenvalue weighted by Gasteiger charge is 2.27. The Balaban J connectivity index is 0.000000108. The Kier molecular flexibility index (Phi) is 19.9. The number of furan rings is 4. The predicted molar refractivity (Wildman–Crippen MR) is 616 cm³/mol. The van der Waals surface area contributed by atoms with E-state index in [9.17, 15) is 1.37 Å². The maximum atomic E-state index is 9.23. The maximum absolute atomic E-state index is 9.23. The Labute approximate surface area is 862 Å². The van der Waals surface area contributed by atoms with Crippen molar-refractivity contribution in [3.8, 4) is 136 Å². The summed E-state index contributed by atoms with van der Waals surface area (Å²) in [6.07, 6.45) is 0. The number of aromatic nitrogens is 8. The number of fused-ring (bicyclic) bond motifs is 27. The van der Waals surface area contributed by atoms with Gasteiger partial charge < -0.3 is 17.7 Å². The molecule has 7 aromatic heterocycles. The van der Waals surface area contributed by atoms with E-state index >= 15 is 0 Å². The smallest absolute Gasteiger partial charge is 0.167 e. The summed E-state index contributed by atoms with van der Waals surface area (Å²) in [5, 5.41) is 26.7. The molecule has 0 aliphatic carbocycles. The van der Waals surface area contributed by atoms with E-state index in [2.05, 4.69) is 255 Å². The Morgan fingerprint density at radius 1 is 0.140 bits per heavy atom. The fourth-order valence-electron chi connectivity index (χ4n) is 22.0. The molecule has 0 spiro atoms. The number of hydrogen-bond donors (Lipinski definition) is 0. The van der Waals surface area contributed by atoms with Gasteiger partial charge in [0.1, 0.15) is 44.7 Å². The van der Waals surface area contributed by atoms with Crippen molar-refractivity contribution >= 4 is 174 Å². The molecule has 0 unspecified atom stereocenters. The third-order valence-electron chi connectivity index (χ3n) is 29.1. The molecule has 698 valence electrons. The Hall–Kier alpha value is -20.3. The Bertz CT molecular complexity index is 10900. The minimum atomic E-state index is 0.311. The number of hydrogen-bond acceptors (Lipinski definition) is 12. The van der Waals surface area contributed by atoms with Crippen LogP contribution in [-0.2, 0) is 0 Å². The summed E-state index contributed by atoms with van der Waals surface area (Å²) >= 11 is 0. The van der Waals surface area contributed by atoms with Crippen LogP contribution in [0.5, 0.6) is 0 Å². The van der Waals surface area contributed by atoms with E-state index in [1.165, 1.54) is 80.8 Å². The molecule has 150 heavy (non-hydrogen) atoms.